The van der Waals surface area contributed by atoms with Crippen LogP contribution in [0.2, 0.25) is 0 Å². The molecule has 1 N–H and O–H groups in total. The third-order valence-electron chi connectivity index (χ3n) is 2.55. The molecule has 5 nitrogen and oxygen atoms in total. The monoisotopic (exact) mass is 239 g/mol. The number of carbonyl (C=O) groups excluding carboxylic acids is 1. The second-order valence-electron chi connectivity index (χ2n) is 3.71. The Labute approximate surface area is 102 Å². The van der Waals surface area contributed by atoms with Gasteiger partial charge in [0.1, 0.15) is 24.0 Å². The molecule has 0 saturated carbocycles. The number of aromatic amines is 1. The Morgan fingerprint density at radius 1 is 1.11 bits per heavy atom. The van der Waals surface area contributed by atoms with Crippen molar-refractivity contribution in [1.82, 2.24) is 15.0 Å². The first kappa shape index (κ1) is 10.5. The summed E-state index contributed by atoms with van der Waals surface area (Å²) in [5.41, 5.74) is 1.33. The predicted molar refractivity (Wildman–Crippen MR) is 65.8 cm³/mol. The fraction of sp³-hybridized carbons (Fsp3) is 0. The molecule has 0 aliphatic heterocycles. The average Bonchev–Trinajstić information content (AvgIpc) is 2.89. The lowest BCUT2D eigenvalue weighted by Gasteiger charge is -2.05. The van der Waals surface area contributed by atoms with Crippen LogP contribution in [0.1, 0.15) is 10.4 Å². The van der Waals surface area contributed by atoms with Crippen LogP contribution in [0.4, 0.5) is 0 Å². The van der Waals surface area contributed by atoms with Crippen LogP contribution >= 0.6 is 0 Å². The van der Waals surface area contributed by atoms with Gasteiger partial charge in [0, 0.05) is 11.8 Å². The molecule has 0 fully saturated rings. The molecule has 2 heterocycles. The molecular weight excluding hydrogens is 230 g/mol. The van der Waals surface area contributed by atoms with E-state index in [1.165, 1.54) is 6.33 Å². The Hall–Kier alpha value is -2.69. The molecule has 0 atom stereocenters. The van der Waals surface area contributed by atoms with Crippen LogP contribution in [0.5, 0.6) is 11.6 Å². The van der Waals surface area contributed by atoms with Gasteiger partial charge in [-0.2, -0.15) is 0 Å². The van der Waals surface area contributed by atoms with Gasteiger partial charge in [0.05, 0.1) is 5.39 Å². The van der Waals surface area contributed by atoms with E-state index in [1.54, 1.807) is 30.5 Å². The third-order valence-corrected chi connectivity index (χ3v) is 2.55. The van der Waals surface area contributed by atoms with Gasteiger partial charge in [0.25, 0.3) is 0 Å². The van der Waals surface area contributed by atoms with Crippen molar-refractivity contribution in [1.29, 1.82) is 0 Å². The van der Waals surface area contributed by atoms with Gasteiger partial charge in [-0.3, -0.25) is 4.79 Å². The van der Waals surface area contributed by atoms with Crippen LogP contribution in [0.15, 0.2) is 42.9 Å². The van der Waals surface area contributed by atoms with Crippen molar-refractivity contribution in [2.45, 2.75) is 0 Å². The summed E-state index contributed by atoms with van der Waals surface area (Å²) in [6.07, 6.45) is 4.01. The second kappa shape index (κ2) is 4.29. The molecule has 3 rings (SSSR count). The maximum Gasteiger partial charge on any atom is 0.231 e. The summed E-state index contributed by atoms with van der Waals surface area (Å²) in [7, 11) is 0. The van der Waals surface area contributed by atoms with E-state index in [2.05, 4.69) is 15.0 Å². The van der Waals surface area contributed by atoms with E-state index in [-0.39, 0.29) is 0 Å². The summed E-state index contributed by atoms with van der Waals surface area (Å²) >= 11 is 0. The van der Waals surface area contributed by atoms with Crippen molar-refractivity contribution in [2.24, 2.45) is 0 Å². The lowest BCUT2D eigenvalue weighted by atomic mass is 10.2. The largest absolute Gasteiger partial charge is 0.438 e. The normalized spacial score (nSPS) is 10.4. The summed E-state index contributed by atoms with van der Waals surface area (Å²) in [4.78, 5) is 21.7. The molecule has 0 spiro atoms. The van der Waals surface area contributed by atoms with E-state index in [0.29, 0.717) is 17.2 Å². The van der Waals surface area contributed by atoms with Gasteiger partial charge in [-0.1, -0.05) is 0 Å². The molecule has 3 aromatic rings. The Morgan fingerprint density at radius 2 is 1.94 bits per heavy atom. The minimum atomic E-state index is 0.486. The first-order valence-electron chi connectivity index (χ1n) is 5.38. The molecule has 0 unspecified atom stereocenters. The van der Waals surface area contributed by atoms with Crippen molar-refractivity contribution in [3.05, 3.63) is 48.4 Å². The Morgan fingerprint density at radius 3 is 2.72 bits per heavy atom. The van der Waals surface area contributed by atoms with Gasteiger partial charge >= 0.3 is 0 Å². The molecular formula is C13H9N3O2. The number of aldehydes is 1. The lowest BCUT2D eigenvalue weighted by molar-refractivity contribution is 0.112. The van der Waals surface area contributed by atoms with Gasteiger partial charge in [0.2, 0.25) is 5.88 Å². The highest BCUT2D eigenvalue weighted by molar-refractivity contribution is 5.80. The number of fused-ring (bicyclic) bond motifs is 1. The molecule has 88 valence electrons. The van der Waals surface area contributed by atoms with Crippen LogP contribution in [0.3, 0.4) is 0 Å². The van der Waals surface area contributed by atoms with Gasteiger partial charge in [-0.05, 0) is 30.3 Å². The van der Waals surface area contributed by atoms with Crippen LogP contribution in [0, 0.1) is 0 Å². The number of benzene rings is 1. The molecule has 1 aromatic carbocycles. The highest BCUT2D eigenvalue weighted by atomic mass is 16.5. The minimum Gasteiger partial charge on any atom is -0.438 e. The van der Waals surface area contributed by atoms with E-state index < -0.39 is 0 Å². The fourth-order valence-electron chi connectivity index (χ4n) is 1.66. The number of ether oxygens (including phenoxy) is 1. The summed E-state index contributed by atoms with van der Waals surface area (Å²) in [6.45, 7) is 0. The Kier molecular flexibility index (Phi) is 2.49. The van der Waals surface area contributed by atoms with Gasteiger partial charge in [0.15, 0.2) is 0 Å². The quantitative estimate of drug-likeness (QED) is 0.713. The van der Waals surface area contributed by atoms with Gasteiger partial charge in [-0.15, -0.1) is 0 Å². The van der Waals surface area contributed by atoms with Crippen molar-refractivity contribution in [2.75, 3.05) is 0 Å². The predicted octanol–water partition coefficient (Wildman–Crippen LogP) is 2.56. The zero-order chi connectivity index (χ0) is 12.4. The summed E-state index contributed by atoms with van der Waals surface area (Å²) < 4.78 is 5.66. The fourth-order valence-corrected chi connectivity index (χ4v) is 1.66. The molecule has 2 aromatic heterocycles. The SMILES string of the molecule is O=Cc1ccc(Oc2ncnc3[nH]ccc23)cc1. The molecule has 0 radical (unpaired) electrons. The molecule has 0 aliphatic rings. The molecule has 5 heteroatoms. The van der Waals surface area contributed by atoms with Crippen molar-refractivity contribution < 1.29 is 9.53 Å². The first-order valence-corrected chi connectivity index (χ1v) is 5.38. The van der Waals surface area contributed by atoms with Gasteiger partial charge < -0.3 is 9.72 Å². The first-order chi connectivity index (χ1) is 8.86. The number of carbonyl (C=O) groups is 1. The third kappa shape index (κ3) is 1.82. The van der Waals surface area contributed by atoms with Crippen molar-refractivity contribution in [3.63, 3.8) is 0 Å². The van der Waals surface area contributed by atoms with Crippen molar-refractivity contribution >= 4 is 17.3 Å². The second-order valence-corrected chi connectivity index (χ2v) is 3.71. The topological polar surface area (TPSA) is 67.9 Å². The highest BCUT2D eigenvalue weighted by Gasteiger charge is 2.06. The standard InChI is InChI=1S/C13H9N3O2/c17-7-9-1-3-10(4-2-9)18-13-11-5-6-14-12(11)15-8-16-13/h1-8H,(H,14,15,16). The smallest absolute Gasteiger partial charge is 0.231 e. The molecule has 0 amide bonds. The zero-order valence-electron chi connectivity index (χ0n) is 9.33. The maximum atomic E-state index is 10.6. The van der Waals surface area contributed by atoms with E-state index >= 15 is 0 Å². The van der Waals surface area contributed by atoms with E-state index in [1.807, 2.05) is 6.07 Å². The van der Waals surface area contributed by atoms with Crippen LogP contribution in [-0.4, -0.2) is 21.2 Å². The van der Waals surface area contributed by atoms with Crippen LogP contribution in [0.25, 0.3) is 11.0 Å². The molecule has 18 heavy (non-hydrogen) atoms. The minimum absolute atomic E-state index is 0.486. The van der Waals surface area contributed by atoms with E-state index in [0.717, 1.165) is 17.3 Å². The lowest BCUT2D eigenvalue weighted by Crippen LogP contribution is -1.90. The van der Waals surface area contributed by atoms with E-state index in [4.69, 9.17) is 4.74 Å². The molecule has 0 saturated heterocycles. The molecule has 0 bridgehead atoms. The number of hydrogen-bond donors (Lipinski definition) is 1. The highest BCUT2D eigenvalue weighted by Crippen LogP contribution is 2.25. The number of aromatic nitrogens is 3. The van der Waals surface area contributed by atoms with Gasteiger partial charge in [-0.25, -0.2) is 9.97 Å². The van der Waals surface area contributed by atoms with Crippen LogP contribution < -0.4 is 4.74 Å². The van der Waals surface area contributed by atoms with Crippen molar-refractivity contribution in [3.8, 4) is 11.6 Å². The average molecular weight is 239 g/mol. The van der Waals surface area contributed by atoms with Crippen LogP contribution in [-0.2, 0) is 0 Å². The Balaban J connectivity index is 1.95. The summed E-state index contributed by atoms with van der Waals surface area (Å²) in [5.74, 6) is 1.11. The molecule has 0 aliphatic carbocycles. The number of H-pyrrole nitrogens is 1. The summed E-state index contributed by atoms with van der Waals surface area (Å²) in [5, 5.41) is 0.817. The summed E-state index contributed by atoms with van der Waals surface area (Å²) in [6, 6.07) is 8.69. The van der Waals surface area contributed by atoms with E-state index in [9.17, 15) is 4.79 Å². The number of nitrogens with zero attached hydrogens (tertiary/aromatic N) is 2. The Bertz CT molecular complexity index is 689. The number of hydrogen-bond acceptors (Lipinski definition) is 4. The number of nitrogens with one attached hydrogen (secondary N) is 1. The zero-order valence-corrected chi connectivity index (χ0v) is 9.33. The maximum absolute atomic E-state index is 10.6. The number of rotatable bonds is 3.